The Labute approximate surface area is 446 Å². The fourth-order valence-corrected chi connectivity index (χ4v) is 20.0. The van der Waals surface area contributed by atoms with E-state index in [2.05, 4.69) is 237 Å². The van der Waals surface area contributed by atoms with Gasteiger partial charge < -0.3 is 24.1 Å². The zero-order chi connectivity index (χ0) is 50.8. The molecule has 10 aromatic rings. The predicted octanol–water partition coefficient (Wildman–Crippen LogP) is 14.1. The summed E-state index contributed by atoms with van der Waals surface area (Å²) in [4.78, 5) is 7.79. The molecule has 1 spiro atoms. The molecule has 0 amide bonds. The average Bonchev–Trinajstić information content (AvgIpc) is 3.95. The molecule has 0 N–H and O–H groups in total. The number of benzene rings is 10. The normalized spacial score (nSPS) is 16.3. The molecule has 0 saturated heterocycles. The Balaban J connectivity index is 1.06. The average molecular weight is 996 g/mol. The van der Waals surface area contributed by atoms with Crippen LogP contribution >= 0.6 is 0 Å². The van der Waals surface area contributed by atoms with Crippen LogP contribution in [0.1, 0.15) is 57.2 Å². The predicted molar refractivity (Wildman–Crippen MR) is 318 cm³/mol. The van der Waals surface area contributed by atoms with Crippen molar-refractivity contribution in [3.05, 3.63) is 229 Å². The van der Waals surface area contributed by atoms with E-state index in [1.807, 2.05) is 24.3 Å². The van der Waals surface area contributed by atoms with Crippen molar-refractivity contribution in [2.45, 2.75) is 58.3 Å². The third-order valence-electron chi connectivity index (χ3n) is 18.0. The van der Waals surface area contributed by atoms with Gasteiger partial charge in [0, 0.05) is 57.1 Å². The van der Waals surface area contributed by atoms with Crippen molar-refractivity contribution in [2.24, 2.45) is 0 Å². The number of fused-ring (bicyclic) bond motifs is 16. The molecule has 10 aromatic carbocycles. The van der Waals surface area contributed by atoms with Crippen LogP contribution in [0.5, 0.6) is 23.0 Å². The van der Waals surface area contributed by atoms with Gasteiger partial charge in [0.2, 0.25) is 0 Å². The van der Waals surface area contributed by atoms with E-state index in [1.165, 1.54) is 87.7 Å². The number of ether oxygens (including phenoxy) is 2. The molecular formula is C69H54BN3O2Si. The summed E-state index contributed by atoms with van der Waals surface area (Å²) in [6.07, 6.45) is 2.27. The maximum absolute atomic E-state index is 6.95. The van der Waals surface area contributed by atoms with Crippen molar-refractivity contribution in [2.75, 3.05) is 14.6 Å². The highest BCUT2D eigenvalue weighted by molar-refractivity contribution is 7.24. The Kier molecular flexibility index (Phi) is 8.96. The van der Waals surface area contributed by atoms with Gasteiger partial charge in [-0.05, 0) is 162 Å². The number of hydrogen-bond acceptors (Lipinski definition) is 5. The molecule has 0 radical (unpaired) electrons. The van der Waals surface area contributed by atoms with Crippen molar-refractivity contribution < 1.29 is 9.47 Å². The first-order valence-electron chi connectivity index (χ1n) is 27.0. The first kappa shape index (κ1) is 43.8. The molecule has 6 aliphatic rings. The van der Waals surface area contributed by atoms with Gasteiger partial charge in [-0.2, -0.15) is 0 Å². The Morgan fingerprint density at radius 1 is 0.434 bits per heavy atom. The highest BCUT2D eigenvalue weighted by Gasteiger charge is 2.58. The van der Waals surface area contributed by atoms with Gasteiger partial charge in [0.1, 0.15) is 0 Å². The SMILES string of the molecule is Cc1cc2c(cc1N1c3cc4c(cc3B3c5c(cc(N(c6ccccc6)c6ccccc6)cc51)-c1cccc5c1N3c1ccccc1[Si]51c3ccccc3-c3ccccc31)Oc1ccccc1O4)C(C)(C)CCC2(C)C. The quantitative estimate of drug-likeness (QED) is 0.164. The summed E-state index contributed by atoms with van der Waals surface area (Å²) in [7, 11) is -2.93. The number of aryl methyl sites for hydroxylation is 1. The third kappa shape index (κ3) is 5.81. The van der Waals surface area contributed by atoms with Gasteiger partial charge in [0.15, 0.2) is 31.1 Å². The van der Waals surface area contributed by atoms with E-state index >= 15 is 0 Å². The smallest absolute Gasteiger partial charge is 0.333 e. The molecular weight excluding hydrogens is 942 g/mol. The summed E-state index contributed by atoms with van der Waals surface area (Å²) in [6, 6.07) is 79.7. The fraction of sp³-hybridized carbons (Fsp3) is 0.130. The summed E-state index contributed by atoms with van der Waals surface area (Å²) in [5.74, 6) is 2.86. The molecule has 16 rings (SSSR count). The number of rotatable bonds is 4. The molecule has 0 bridgehead atoms. The largest absolute Gasteiger partial charge is 0.450 e. The molecule has 364 valence electrons. The molecule has 0 atom stereocenters. The zero-order valence-corrected chi connectivity index (χ0v) is 44.4. The van der Waals surface area contributed by atoms with Crippen LogP contribution in [-0.4, -0.2) is 14.9 Å². The van der Waals surface area contributed by atoms with Gasteiger partial charge >= 0.3 is 6.85 Å². The second-order valence-electron chi connectivity index (χ2n) is 23.1. The fourth-order valence-electron chi connectivity index (χ4n) is 14.5. The lowest BCUT2D eigenvalue weighted by Crippen LogP contribution is -2.78. The Bertz CT molecular complexity index is 4050. The number of anilines is 8. The van der Waals surface area contributed by atoms with Crippen LogP contribution < -0.4 is 55.8 Å². The molecule has 1 aliphatic carbocycles. The molecule has 5 aliphatic heterocycles. The van der Waals surface area contributed by atoms with E-state index in [4.69, 9.17) is 9.47 Å². The van der Waals surface area contributed by atoms with Crippen LogP contribution in [0.4, 0.5) is 45.5 Å². The summed E-state index contributed by atoms with van der Waals surface area (Å²) in [5.41, 5.74) is 21.0. The van der Waals surface area contributed by atoms with Gasteiger partial charge in [0.25, 0.3) is 0 Å². The van der Waals surface area contributed by atoms with E-state index in [9.17, 15) is 0 Å². The molecule has 0 saturated carbocycles. The van der Waals surface area contributed by atoms with E-state index in [0.717, 1.165) is 52.8 Å². The molecule has 5 nitrogen and oxygen atoms in total. The van der Waals surface area contributed by atoms with Gasteiger partial charge in [-0.1, -0.05) is 167 Å². The van der Waals surface area contributed by atoms with Gasteiger partial charge in [-0.25, -0.2) is 0 Å². The van der Waals surface area contributed by atoms with E-state index in [-0.39, 0.29) is 17.7 Å². The van der Waals surface area contributed by atoms with Crippen LogP contribution in [0.2, 0.25) is 0 Å². The molecule has 5 heterocycles. The van der Waals surface area contributed by atoms with Gasteiger partial charge in [-0.15, -0.1) is 0 Å². The monoisotopic (exact) mass is 995 g/mol. The minimum Gasteiger partial charge on any atom is -0.450 e. The molecule has 7 heteroatoms. The molecule has 0 aromatic heterocycles. The topological polar surface area (TPSA) is 28.2 Å². The van der Waals surface area contributed by atoms with E-state index in [0.29, 0.717) is 11.5 Å². The van der Waals surface area contributed by atoms with Crippen LogP contribution in [0, 0.1) is 6.92 Å². The third-order valence-corrected chi connectivity index (χ3v) is 23.0. The zero-order valence-electron chi connectivity index (χ0n) is 43.4. The van der Waals surface area contributed by atoms with Crippen LogP contribution in [0.25, 0.3) is 22.3 Å². The van der Waals surface area contributed by atoms with E-state index < -0.39 is 8.07 Å². The van der Waals surface area contributed by atoms with Crippen molar-refractivity contribution in [3.63, 3.8) is 0 Å². The lowest BCUT2D eigenvalue weighted by molar-refractivity contribution is 0.332. The number of hydrogen-bond donors (Lipinski definition) is 0. The lowest BCUT2D eigenvalue weighted by atomic mass is 9.43. The Hall–Kier alpha value is -8.52. The lowest BCUT2D eigenvalue weighted by Gasteiger charge is -2.52. The maximum atomic E-state index is 6.95. The number of para-hydroxylation sites is 6. The Morgan fingerprint density at radius 2 is 0.974 bits per heavy atom. The van der Waals surface area contributed by atoms with Crippen molar-refractivity contribution in [1.82, 2.24) is 0 Å². The summed E-state index contributed by atoms with van der Waals surface area (Å²) >= 11 is 0. The number of nitrogens with zero attached hydrogens (tertiary/aromatic N) is 3. The maximum Gasteiger partial charge on any atom is 0.333 e. The molecule has 0 unspecified atom stereocenters. The van der Waals surface area contributed by atoms with Gasteiger partial charge in [0.05, 0.1) is 0 Å². The standard InChI is InChI=1S/C69H54BN3O2Si/c1-43-37-51-52(69(4,5)36-35-68(51,2)3)40-55(43)72-56-42-61-60(74-58-29-15-16-30-59(58)75-61)41-53(56)70-66-50(38-46(39-57(66)72)71(44-21-8-6-9-22-44)45-23-10-7-11-24-45)49-27-20-34-65-67(49)73(70)54-28-14-19-33-64(54)76(65)62-31-17-12-25-47(62)48-26-13-18-32-63(48)76/h6-34,37-42H,35-36H2,1-5H3. The minimum absolute atomic E-state index is 0.0200. The Morgan fingerprint density at radius 3 is 1.63 bits per heavy atom. The van der Waals surface area contributed by atoms with Crippen LogP contribution in [-0.2, 0) is 10.8 Å². The van der Waals surface area contributed by atoms with Crippen molar-refractivity contribution in [1.29, 1.82) is 0 Å². The summed E-state index contributed by atoms with van der Waals surface area (Å²) in [6.45, 7) is 11.8. The first-order valence-corrected chi connectivity index (χ1v) is 29.0. The molecule has 76 heavy (non-hydrogen) atoms. The molecule has 0 fully saturated rings. The first-order chi connectivity index (χ1) is 37.1. The van der Waals surface area contributed by atoms with Crippen molar-refractivity contribution in [3.8, 4) is 45.3 Å². The van der Waals surface area contributed by atoms with Crippen molar-refractivity contribution >= 4 is 92.1 Å². The summed E-state index contributed by atoms with van der Waals surface area (Å²) < 4.78 is 13.9. The summed E-state index contributed by atoms with van der Waals surface area (Å²) in [5, 5.41) is 5.76. The second-order valence-corrected chi connectivity index (χ2v) is 26.7. The van der Waals surface area contributed by atoms with Crippen LogP contribution in [0.15, 0.2) is 212 Å². The second kappa shape index (κ2) is 15.5. The highest BCUT2D eigenvalue weighted by atomic mass is 28.3. The van der Waals surface area contributed by atoms with Crippen LogP contribution in [0.3, 0.4) is 0 Å². The van der Waals surface area contributed by atoms with E-state index in [1.54, 1.807) is 0 Å². The minimum atomic E-state index is -2.93. The highest BCUT2D eigenvalue weighted by Crippen LogP contribution is 2.56. The van der Waals surface area contributed by atoms with Gasteiger partial charge in [-0.3, -0.25) is 0 Å².